The number of ether oxygens (including phenoxy) is 1. The van der Waals surface area contributed by atoms with E-state index in [9.17, 15) is 9.18 Å². The summed E-state index contributed by atoms with van der Waals surface area (Å²) in [6.07, 6.45) is 1.35. The number of benzene rings is 1. The zero-order chi connectivity index (χ0) is 13.0. The predicted molar refractivity (Wildman–Crippen MR) is 67.2 cm³/mol. The van der Waals surface area contributed by atoms with Crippen LogP contribution in [0.25, 0.3) is 0 Å². The van der Waals surface area contributed by atoms with E-state index < -0.39 is 5.82 Å². The highest BCUT2D eigenvalue weighted by Crippen LogP contribution is 2.13. The van der Waals surface area contributed by atoms with Gasteiger partial charge in [-0.05, 0) is 25.6 Å². The number of hydrogen-bond acceptors (Lipinski definition) is 3. The number of likely N-dealkylation sites (N-methyl/N-ethyl adjacent to an activating group) is 1. The van der Waals surface area contributed by atoms with Gasteiger partial charge in [-0.2, -0.15) is 0 Å². The maximum atomic E-state index is 13.4. The second kappa shape index (κ2) is 6.07. The smallest absolute Gasteiger partial charge is 0.167 e. The first-order valence-corrected chi connectivity index (χ1v) is 6.24. The van der Waals surface area contributed by atoms with Crippen molar-refractivity contribution >= 4 is 5.78 Å². The number of carbonyl (C=O) groups excluding carboxylic acids is 1. The Morgan fingerprint density at radius 2 is 2.28 bits per heavy atom. The minimum absolute atomic E-state index is 0.140. The van der Waals surface area contributed by atoms with Crippen LogP contribution in [-0.4, -0.2) is 43.5 Å². The van der Waals surface area contributed by atoms with Gasteiger partial charge in [-0.15, -0.1) is 0 Å². The van der Waals surface area contributed by atoms with Gasteiger partial charge in [0.15, 0.2) is 5.78 Å². The Morgan fingerprint density at radius 3 is 2.94 bits per heavy atom. The Kier molecular flexibility index (Phi) is 4.44. The molecule has 3 nitrogen and oxygen atoms in total. The average Bonchev–Trinajstić information content (AvgIpc) is 2.90. The first-order valence-electron chi connectivity index (χ1n) is 6.24. The molecule has 0 amide bonds. The molecule has 1 fully saturated rings. The molecule has 0 saturated carbocycles. The molecule has 2 rings (SSSR count). The lowest BCUT2D eigenvalue weighted by atomic mass is 10.1. The standard InChI is InChI=1S/C14H18FNO2/c1-16(11-7-9-18-10-11)8-6-14(17)12-4-2-3-5-13(12)15/h2-5,11H,6-10H2,1H3. The van der Waals surface area contributed by atoms with Gasteiger partial charge < -0.3 is 9.64 Å². The van der Waals surface area contributed by atoms with E-state index in [-0.39, 0.29) is 11.3 Å². The molecule has 1 saturated heterocycles. The van der Waals surface area contributed by atoms with Gasteiger partial charge in [-0.1, -0.05) is 12.1 Å². The van der Waals surface area contributed by atoms with Crippen LogP contribution in [0.3, 0.4) is 0 Å². The lowest BCUT2D eigenvalue weighted by Crippen LogP contribution is -2.33. The molecule has 1 aromatic carbocycles. The Bertz CT molecular complexity index is 416. The third kappa shape index (κ3) is 3.15. The highest BCUT2D eigenvalue weighted by atomic mass is 19.1. The fourth-order valence-corrected chi connectivity index (χ4v) is 2.15. The van der Waals surface area contributed by atoms with Crippen molar-refractivity contribution < 1.29 is 13.9 Å². The summed E-state index contributed by atoms with van der Waals surface area (Å²) < 4.78 is 18.7. The molecular weight excluding hydrogens is 233 g/mol. The number of ketones is 1. The molecule has 18 heavy (non-hydrogen) atoms. The van der Waals surface area contributed by atoms with Crippen LogP contribution < -0.4 is 0 Å². The Balaban J connectivity index is 1.86. The number of rotatable bonds is 5. The summed E-state index contributed by atoms with van der Waals surface area (Å²) in [7, 11) is 1.98. The van der Waals surface area contributed by atoms with Crippen LogP contribution in [0.4, 0.5) is 4.39 Å². The molecule has 0 aromatic heterocycles. The van der Waals surface area contributed by atoms with Gasteiger partial charge in [0.25, 0.3) is 0 Å². The van der Waals surface area contributed by atoms with Crippen molar-refractivity contribution in [1.29, 1.82) is 0 Å². The van der Waals surface area contributed by atoms with E-state index in [4.69, 9.17) is 4.74 Å². The summed E-state index contributed by atoms with van der Waals surface area (Å²) >= 11 is 0. The first-order chi connectivity index (χ1) is 8.68. The largest absolute Gasteiger partial charge is 0.380 e. The van der Waals surface area contributed by atoms with E-state index >= 15 is 0 Å². The Morgan fingerprint density at radius 1 is 1.50 bits per heavy atom. The lowest BCUT2D eigenvalue weighted by molar-refractivity contribution is 0.0950. The number of carbonyl (C=O) groups is 1. The SMILES string of the molecule is CN(CCC(=O)c1ccccc1F)C1CCOC1. The maximum absolute atomic E-state index is 13.4. The van der Waals surface area contributed by atoms with E-state index in [1.54, 1.807) is 12.1 Å². The molecule has 1 unspecified atom stereocenters. The Labute approximate surface area is 107 Å². The molecule has 1 aliphatic heterocycles. The summed E-state index contributed by atoms with van der Waals surface area (Å²) in [5, 5.41) is 0. The van der Waals surface area contributed by atoms with Crippen LogP contribution in [0, 0.1) is 5.82 Å². The highest BCUT2D eigenvalue weighted by Gasteiger charge is 2.21. The fourth-order valence-electron chi connectivity index (χ4n) is 2.15. The van der Waals surface area contributed by atoms with Gasteiger partial charge in [0, 0.05) is 25.6 Å². The van der Waals surface area contributed by atoms with Gasteiger partial charge >= 0.3 is 0 Å². The number of nitrogens with zero attached hydrogens (tertiary/aromatic N) is 1. The normalized spacial score (nSPS) is 19.4. The summed E-state index contributed by atoms with van der Waals surface area (Å²) in [6.45, 7) is 2.15. The molecule has 1 aliphatic rings. The molecular formula is C14H18FNO2. The summed E-state index contributed by atoms with van der Waals surface area (Å²) in [4.78, 5) is 14.0. The lowest BCUT2D eigenvalue weighted by Gasteiger charge is -2.22. The molecule has 98 valence electrons. The van der Waals surface area contributed by atoms with Gasteiger partial charge in [-0.25, -0.2) is 4.39 Å². The molecule has 1 atom stereocenters. The molecule has 1 aromatic rings. The fraction of sp³-hybridized carbons (Fsp3) is 0.500. The van der Waals surface area contributed by atoms with Crippen LogP contribution in [0.5, 0.6) is 0 Å². The molecule has 0 spiro atoms. The van der Waals surface area contributed by atoms with Crippen LogP contribution in [0.2, 0.25) is 0 Å². The Hall–Kier alpha value is -1.26. The summed E-state index contributed by atoms with van der Waals surface area (Å²) in [5.41, 5.74) is 0.188. The second-order valence-corrected chi connectivity index (χ2v) is 4.65. The van der Waals surface area contributed by atoms with E-state index in [1.165, 1.54) is 12.1 Å². The van der Waals surface area contributed by atoms with E-state index in [2.05, 4.69) is 4.90 Å². The molecule has 4 heteroatoms. The third-order valence-electron chi connectivity index (χ3n) is 3.39. The molecule has 1 heterocycles. The van der Waals surface area contributed by atoms with Crippen molar-refractivity contribution in [1.82, 2.24) is 4.90 Å². The monoisotopic (exact) mass is 251 g/mol. The maximum Gasteiger partial charge on any atom is 0.167 e. The quantitative estimate of drug-likeness (QED) is 0.751. The van der Waals surface area contributed by atoms with Crippen LogP contribution in [0.1, 0.15) is 23.2 Å². The van der Waals surface area contributed by atoms with Gasteiger partial charge in [0.1, 0.15) is 5.82 Å². The van der Waals surface area contributed by atoms with Crippen LogP contribution in [0.15, 0.2) is 24.3 Å². The van der Waals surface area contributed by atoms with Crippen molar-refractivity contribution in [3.05, 3.63) is 35.6 Å². The van der Waals surface area contributed by atoms with Gasteiger partial charge in [-0.3, -0.25) is 4.79 Å². The zero-order valence-corrected chi connectivity index (χ0v) is 10.6. The van der Waals surface area contributed by atoms with E-state index in [0.29, 0.717) is 19.0 Å². The molecule has 0 N–H and O–H groups in total. The zero-order valence-electron chi connectivity index (χ0n) is 10.6. The van der Waals surface area contributed by atoms with E-state index in [1.807, 2.05) is 7.05 Å². The van der Waals surface area contributed by atoms with Crippen molar-refractivity contribution in [2.75, 3.05) is 26.8 Å². The summed E-state index contributed by atoms with van der Waals surface area (Å²) in [6, 6.07) is 6.52. The number of Topliss-reactive ketones (excluding diaryl/α,β-unsaturated/α-hetero) is 1. The topological polar surface area (TPSA) is 29.5 Å². The third-order valence-corrected chi connectivity index (χ3v) is 3.39. The van der Waals surface area contributed by atoms with Crippen LogP contribution >= 0.6 is 0 Å². The van der Waals surface area contributed by atoms with Gasteiger partial charge in [0.2, 0.25) is 0 Å². The first kappa shape index (κ1) is 13.2. The number of hydrogen-bond donors (Lipinski definition) is 0. The van der Waals surface area contributed by atoms with Crippen molar-refractivity contribution in [2.24, 2.45) is 0 Å². The average molecular weight is 251 g/mol. The van der Waals surface area contributed by atoms with Crippen molar-refractivity contribution in [2.45, 2.75) is 18.9 Å². The summed E-state index contributed by atoms with van der Waals surface area (Å²) in [5.74, 6) is -0.576. The molecule has 0 radical (unpaired) electrons. The minimum atomic E-state index is -0.436. The van der Waals surface area contributed by atoms with Gasteiger partial charge in [0.05, 0.1) is 12.2 Å². The van der Waals surface area contributed by atoms with Crippen molar-refractivity contribution in [3.8, 4) is 0 Å². The van der Waals surface area contributed by atoms with Crippen LogP contribution in [-0.2, 0) is 4.74 Å². The second-order valence-electron chi connectivity index (χ2n) is 4.65. The molecule has 0 aliphatic carbocycles. The highest BCUT2D eigenvalue weighted by molar-refractivity contribution is 5.96. The number of halogens is 1. The predicted octanol–water partition coefficient (Wildman–Crippen LogP) is 2.12. The minimum Gasteiger partial charge on any atom is -0.380 e. The van der Waals surface area contributed by atoms with Crippen molar-refractivity contribution in [3.63, 3.8) is 0 Å². The van der Waals surface area contributed by atoms with E-state index in [0.717, 1.165) is 19.6 Å². The molecule has 0 bridgehead atoms.